The molecule has 0 bridgehead atoms. The lowest BCUT2D eigenvalue weighted by Crippen LogP contribution is -2.28. The van der Waals surface area contributed by atoms with Gasteiger partial charge in [0, 0.05) is 31.0 Å². The molecule has 0 saturated carbocycles. The van der Waals surface area contributed by atoms with Gasteiger partial charge in [-0.25, -0.2) is 0 Å². The number of rotatable bonds is 5. The lowest BCUT2D eigenvalue weighted by molar-refractivity contribution is 0.0948. The Labute approximate surface area is 130 Å². The predicted molar refractivity (Wildman–Crippen MR) is 86.0 cm³/mol. The van der Waals surface area contributed by atoms with Crippen LogP contribution in [0, 0.1) is 0 Å². The Hall–Kier alpha value is -2.69. The summed E-state index contributed by atoms with van der Waals surface area (Å²) in [6.45, 7) is 2.56. The zero-order valence-corrected chi connectivity index (χ0v) is 12.7. The molecule has 0 aliphatic rings. The van der Waals surface area contributed by atoms with Gasteiger partial charge in [0.05, 0.1) is 0 Å². The molecule has 1 heterocycles. The molecule has 0 unspecified atom stereocenters. The van der Waals surface area contributed by atoms with Crippen LogP contribution in [0.4, 0.5) is 5.69 Å². The number of para-hydroxylation sites is 1. The SMILES string of the molecule is CCCNC(=O)c1cc(C(=O)N(C)c2ccccc2)ccn1. The number of carbonyl (C=O) groups excluding carboxylic acids is 2. The second kappa shape index (κ2) is 7.36. The van der Waals surface area contributed by atoms with Crippen LogP contribution >= 0.6 is 0 Å². The molecule has 5 heteroatoms. The Bertz CT molecular complexity index is 656. The van der Waals surface area contributed by atoms with Gasteiger partial charge in [-0.15, -0.1) is 0 Å². The summed E-state index contributed by atoms with van der Waals surface area (Å²) in [7, 11) is 1.70. The highest BCUT2D eigenvalue weighted by Gasteiger charge is 2.15. The minimum absolute atomic E-state index is 0.182. The lowest BCUT2D eigenvalue weighted by Gasteiger charge is -2.17. The Morgan fingerprint density at radius 2 is 1.91 bits per heavy atom. The number of pyridine rings is 1. The Morgan fingerprint density at radius 3 is 2.59 bits per heavy atom. The molecule has 0 radical (unpaired) electrons. The standard InChI is InChI=1S/C17H19N3O2/c1-3-10-19-16(21)15-12-13(9-11-18-15)17(22)20(2)14-7-5-4-6-8-14/h4-9,11-12H,3,10H2,1-2H3,(H,19,21). The van der Waals surface area contributed by atoms with Crippen LogP contribution in [0.2, 0.25) is 0 Å². The van der Waals surface area contributed by atoms with Gasteiger partial charge in [-0.2, -0.15) is 0 Å². The Balaban J connectivity index is 2.18. The smallest absolute Gasteiger partial charge is 0.269 e. The van der Waals surface area contributed by atoms with Crippen molar-refractivity contribution in [2.24, 2.45) is 0 Å². The molecule has 1 aromatic heterocycles. The number of amides is 2. The van der Waals surface area contributed by atoms with Crippen LogP contribution in [0.1, 0.15) is 34.2 Å². The first-order valence-electron chi connectivity index (χ1n) is 7.21. The van der Waals surface area contributed by atoms with E-state index in [1.165, 1.54) is 12.3 Å². The average Bonchev–Trinajstić information content (AvgIpc) is 2.59. The molecule has 114 valence electrons. The molecule has 2 rings (SSSR count). The number of benzene rings is 1. The van der Waals surface area contributed by atoms with E-state index in [1.807, 2.05) is 37.3 Å². The van der Waals surface area contributed by atoms with Gasteiger partial charge in [0.2, 0.25) is 0 Å². The summed E-state index contributed by atoms with van der Waals surface area (Å²) in [4.78, 5) is 30.0. The van der Waals surface area contributed by atoms with E-state index < -0.39 is 0 Å². The lowest BCUT2D eigenvalue weighted by atomic mass is 10.2. The first-order valence-corrected chi connectivity index (χ1v) is 7.21. The van der Waals surface area contributed by atoms with E-state index in [4.69, 9.17) is 0 Å². The maximum Gasteiger partial charge on any atom is 0.269 e. The molecule has 0 spiro atoms. The van der Waals surface area contributed by atoms with E-state index in [1.54, 1.807) is 18.0 Å². The number of anilines is 1. The maximum atomic E-state index is 12.5. The third-order valence-corrected chi connectivity index (χ3v) is 3.22. The molecule has 0 saturated heterocycles. The third-order valence-electron chi connectivity index (χ3n) is 3.22. The molecule has 0 aliphatic carbocycles. The van der Waals surface area contributed by atoms with Gasteiger partial charge in [-0.3, -0.25) is 14.6 Å². The van der Waals surface area contributed by atoms with Gasteiger partial charge in [0.15, 0.2) is 0 Å². The maximum absolute atomic E-state index is 12.5. The van der Waals surface area contributed by atoms with Gasteiger partial charge in [-0.05, 0) is 30.7 Å². The van der Waals surface area contributed by atoms with Crippen LogP contribution in [0.15, 0.2) is 48.7 Å². The molecule has 0 atom stereocenters. The summed E-state index contributed by atoms with van der Waals surface area (Å²) >= 11 is 0. The van der Waals surface area contributed by atoms with Crippen LogP contribution in [-0.2, 0) is 0 Å². The van der Waals surface area contributed by atoms with Crippen molar-refractivity contribution in [1.29, 1.82) is 0 Å². The highest BCUT2D eigenvalue weighted by molar-refractivity contribution is 6.06. The van der Waals surface area contributed by atoms with E-state index in [0.29, 0.717) is 12.1 Å². The topological polar surface area (TPSA) is 62.3 Å². The normalized spacial score (nSPS) is 10.1. The second-order valence-electron chi connectivity index (χ2n) is 4.89. The molecule has 0 fully saturated rings. The quantitative estimate of drug-likeness (QED) is 0.922. The van der Waals surface area contributed by atoms with Gasteiger partial charge < -0.3 is 10.2 Å². The molecular weight excluding hydrogens is 278 g/mol. The van der Waals surface area contributed by atoms with Crippen molar-refractivity contribution in [2.75, 3.05) is 18.5 Å². The van der Waals surface area contributed by atoms with Crippen molar-refractivity contribution in [3.05, 3.63) is 59.9 Å². The van der Waals surface area contributed by atoms with Crippen LogP contribution < -0.4 is 10.2 Å². The highest BCUT2D eigenvalue weighted by atomic mass is 16.2. The summed E-state index contributed by atoms with van der Waals surface area (Å²) in [6, 6.07) is 12.5. The minimum Gasteiger partial charge on any atom is -0.351 e. The van der Waals surface area contributed by atoms with E-state index >= 15 is 0 Å². The predicted octanol–water partition coefficient (Wildman–Crippen LogP) is 2.50. The number of nitrogens with zero attached hydrogens (tertiary/aromatic N) is 2. The van der Waals surface area contributed by atoms with E-state index in [2.05, 4.69) is 10.3 Å². The zero-order valence-electron chi connectivity index (χ0n) is 12.7. The number of hydrogen-bond acceptors (Lipinski definition) is 3. The fraction of sp³-hybridized carbons (Fsp3) is 0.235. The second-order valence-corrected chi connectivity index (χ2v) is 4.89. The summed E-state index contributed by atoms with van der Waals surface area (Å²) in [6.07, 6.45) is 2.33. The van der Waals surface area contributed by atoms with Gasteiger partial charge in [0.1, 0.15) is 5.69 Å². The van der Waals surface area contributed by atoms with Gasteiger partial charge in [-0.1, -0.05) is 25.1 Å². The van der Waals surface area contributed by atoms with E-state index in [0.717, 1.165) is 12.1 Å². The molecule has 2 amide bonds. The van der Waals surface area contributed by atoms with Gasteiger partial charge in [0.25, 0.3) is 11.8 Å². The first kappa shape index (κ1) is 15.7. The van der Waals surface area contributed by atoms with Crippen molar-refractivity contribution < 1.29 is 9.59 Å². The van der Waals surface area contributed by atoms with Crippen molar-refractivity contribution in [3.63, 3.8) is 0 Å². The largest absolute Gasteiger partial charge is 0.351 e. The minimum atomic E-state index is -0.265. The monoisotopic (exact) mass is 297 g/mol. The molecule has 0 aliphatic heterocycles. The molecular formula is C17H19N3O2. The summed E-state index contributed by atoms with van der Waals surface area (Å²) in [5, 5.41) is 2.75. The highest BCUT2D eigenvalue weighted by Crippen LogP contribution is 2.15. The van der Waals surface area contributed by atoms with Crippen LogP contribution in [0.5, 0.6) is 0 Å². The molecule has 1 N–H and O–H groups in total. The molecule has 1 aromatic carbocycles. The fourth-order valence-corrected chi connectivity index (χ4v) is 1.98. The fourth-order valence-electron chi connectivity index (χ4n) is 1.98. The summed E-state index contributed by atoms with van der Waals surface area (Å²) in [5.41, 5.74) is 1.48. The van der Waals surface area contributed by atoms with E-state index in [9.17, 15) is 9.59 Å². The summed E-state index contributed by atoms with van der Waals surface area (Å²) in [5.74, 6) is -0.447. The molecule has 22 heavy (non-hydrogen) atoms. The van der Waals surface area contributed by atoms with Crippen LogP contribution in [0.25, 0.3) is 0 Å². The molecule has 5 nitrogen and oxygen atoms in total. The number of carbonyl (C=O) groups is 2. The number of aromatic nitrogens is 1. The Morgan fingerprint density at radius 1 is 1.18 bits per heavy atom. The van der Waals surface area contributed by atoms with Crippen molar-refractivity contribution in [2.45, 2.75) is 13.3 Å². The van der Waals surface area contributed by atoms with Crippen LogP contribution in [-0.4, -0.2) is 30.4 Å². The van der Waals surface area contributed by atoms with Crippen LogP contribution in [0.3, 0.4) is 0 Å². The number of nitrogens with one attached hydrogen (secondary N) is 1. The number of hydrogen-bond donors (Lipinski definition) is 1. The first-order chi connectivity index (χ1) is 10.6. The van der Waals surface area contributed by atoms with E-state index in [-0.39, 0.29) is 17.5 Å². The van der Waals surface area contributed by atoms with Crippen molar-refractivity contribution in [3.8, 4) is 0 Å². The average molecular weight is 297 g/mol. The molecule has 2 aromatic rings. The third kappa shape index (κ3) is 3.69. The van der Waals surface area contributed by atoms with Gasteiger partial charge >= 0.3 is 0 Å². The summed E-state index contributed by atoms with van der Waals surface area (Å²) < 4.78 is 0. The van der Waals surface area contributed by atoms with Crippen molar-refractivity contribution in [1.82, 2.24) is 10.3 Å². The Kier molecular flexibility index (Phi) is 5.25. The zero-order chi connectivity index (χ0) is 15.9. The van der Waals surface area contributed by atoms with Crippen molar-refractivity contribution >= 4 is 17.5 Å².